The smallest absolute Gasteiger partial charge is 0.305 e. The fourth-order valence-electron chi connectivity index (χ4n) is 7.66. The molecule has 5 heteroatoms. The highest BCUT2D eigenvalue weighted by molar-refractivity contribution is 5.69. The zero-order valence-electron chi connectivity index (χ0n) is 43.7. The minimum absolute atomic E-state index is 0.120. The first-order valence-electron chi connectivity index (χ1n) is 28.1. The molecule has 0 aromatic carbocycles. The van der Waals surface area contributed by atoms with Gasteiger partial charge in [0.15, 0.2) is 0 Å². The molecule has 0 rings (SSSR count). The topological polar surface area (TPSA) is 61.8 Å². The molecular formula is C61H106O5. The van der Waals surface area contributed by atoms with Crippen LogP contribution in [-0.2, 0) is 23.8 Å². The normalized spacial score (nSPS) is 12.8. The van der Waals surface area contributed by atoms with E-state index < -0.39 is 6.10 Å². The average molecular weight is 920 g/mol. The van der Waals surface area contributed by atoms with Gasteiger partial charge in [0.05, 0.1) is 0 Å². The van der Waals surface area contributed by atoms with Crippen molar-refractivity contribution in [2.45, 2.75) is 271 Å². The van der Waals surface area contributed by atoms with E-state index in [0.717, 1.165) is 89.9 Å². The Kier molecular flexibility index (Phi) is 53.9. The molecule has 0 aliphatic heterocycles. The molecule has 5 nitrogen and oxygen atoms in total. The molecule has 66 heavy (non-hydrogen) atoms. The van der Waals surface area contributed by atoms with Gasteiger partial charge in [-0.15, -0.1) is 0 Å². The lowest BCUT2D eigenvalue weighted by Crippen LogP contribution is -2.29. The van der Waals surface area contributed by atoms with Crippen molar-refractivity contribution in [3.05, 3.63) is 85.1 Å². The van der Waals surface area contributed by atoms with E-state index in [0.29, 0.717) is 19.4 Å². The first kappa shape index (κ1) is 63.1. The maximum absolute atomic E-state index is 12.6. The van der Waals surface area contributed by atoms with Gasteiger partial charge in [-0.25, -0.2) is 0 Å². The molecule has 0 aromatic heterocycles. The number of carbonyl (C=O) groups is 2. The Morgan fingerprint density at radius 3 is 0.985 bits per heavy atom. The molecule has 0 heterocycles. The van der Waals surface area contributed by atoms with Crippen LogP contribution in [0.4, 0.5) is 0 Å². The lowest BCUT2D eigenvalue weighted by molar-refractivity contribution is -0.155. The summed E-state index contributed by atoms with van der Waals surface area (Å²) < 4.78 is 17.4. The summed E-state index contributed by atoms with van der Waals surface area (Å²) in [6, 6.07) is 0. The van der Waals surface area contributed by atoms with Gasteiger partial charge in [0.25, 0.3) is 0 Å². The van der Waals surface area contributed by atoms with Crippen molar-refractivity contribution in [2.24, 2.45) is 0 Å². The highest BCUT2D eigenvalue weighted by Crippen LogP contribution is 2.15. The van der Waals surface area contributed by atoms with Gasteiger partial charge in [-0.2, -0.15) is 0 Å². The lowest BCUT2D eigenvalue weighted by atomic mass is 10.0. The average Bonchev–Trinajstić information content (AvgIpc) is 3.32. The summed E-state index contributed by atoms with van der Waals surface area (Å²) in [7, 11) is 0. The number of ether oxygens (including phenoxy) is 3. The van der Waals surface area contributed by atoms with E-state index in [9.17, 15) is 9.59 Å². The molecule has 0 amide bonds. The summed E-state index contributed by atoms with van der Waals surface area (Å²) in [6.45, 7) is 7.61. The lowest BCUT2D eigenvalue weighted by Gasteiger charge is -2.18. The highest BCUT2D eigenvalue weighted by Gasteiger charge is 2.16. The minimum atomic E-state index is -0.434. The van der Waals surface area contributed by atoms with Gasteiger partial charge in [0, 0.05) is 19.4 Å². The van der Waals surface area contributed by atoms with Crippen LogP contribution in [0.1, 0.15) is 265 Å². The van der Waals surface area contributed by atoms with Crippen LogP contribution >= 0.6 is 0 Å². The van der Waals surface area contributed by atoms with Crippen LogP contribution in [0.25, 0.3) is 0 Å². The van der Waals surface area contributed by atoms with E-state index in [-0.39, 0.29) is 25.2 Å². The third kappa shape index (κ3) is 53.7. The van der Waals surface area contributed by atoms with Crippen molar-refractivity contribution in [2.75, 3.05) is 19.8 Å². The van der Waals surface area contributed by atoms with E-state index in [1.165, 1.54) is 141 Å². The van der Waals surface area contributed by atoms with Crippen molar-refractivity contribution >= 4 is 11.9 Å². The van der Waals surface area contributed by atoms with Crippen LogP contribution in [0.15, 0.2) is 85.1 Å². The van der Waals surface area contributed by atoms with Crippen LogP contribution in [0.3, 0.4) is 0 Å². The van der Waals surface area contributed by atoms with Crippen LogP contribution < -0.4 is 0 Å². The SMILES string of the molecule is CCCCC/C=C\C/C=C\C/C=C\C/C=C\CCCC(=O)OC[C@H](COC(=O)CCCCCC/C=C\C/C=C\C/C=C\CCCCC)OCCCCCCCCCCCCCCCCCC. The summed E-state index contributed by atoms with van der Waals surface area (Å²) in [5.41, 5.74) is 0. The Bertz CT molecular complexity index is 1220. The summed E-state index contributed by atoms with van der Waals surface area (Å²) in [4.78, 5) is 25.3. The molecular weight excluding hydrogens is 813 g/mol. The fourth-order valence-corrected chi connectivity index (χ4v) is 7.66. The molecule has 0 spiro atoms. The maximum Gasteiger partial charge on any atom is 0.305 e. The van der Waals surface area contributed by atoms with Gasteiger partial charge in [-0.3, -0.25) is 9.59 Å². The molecule has 0 fully saturated rings. The van der Waals surface area contributed by atoms with Crippen LogP contribution in [0, 0.1) is 0 Å². The first-order valence-corrected chi connectivity index (χ1v) is 28.1. The van der Waals surface area contributed by atoms with Gasteiger partial charge < -0.3 is 14.2 Å². The Morgan fingerprint density at radius 2 is 0.591 bits per heavy atom. The Balaban J connectivity index is 4.39. The molecule has 0 N–H and O–H groups in total. The molecule has 0 saturated heterocycles. The number of hydrogen-bond acceptors (Lipinski definition) is 5. The second-order valence-corrected chi connectivity index (χ2v) is 18.5. The number of esters is 2. The van der Waals surface area contributed by atoms with Crippen LogP contribution in [0.2, 0.25) is 0 Å². The maximum atomic E-state index is 12.6. The Morgan fingerprint density at radius 1 is 0.318 bits per heavy atom. The second-order valence-electron chi connectivity index (χ2n) is 18.5. The zero-order valence-corrected chi connectivity index (χ0v) is 43.7. The number of carbonyl (C=O) groups excluding carboxylic acids is 2. The molecule has 0 unspecified atom stereocenters. The standard InChI is InChI=1S/C61H106O5/c1-4-7-10-13-16-19-22-25-28-31-33-36-39-42-45-48-51-54-60(62)65-57-59(64-56-53-50-47-44-41-38-35-30-27-24-21-18-15-12-9-6-3)58-66-61(63)55-52-49-46-43-40-37-34-32-29-26-23-20-17-14-11-8-5-2/h16-17,19-20,25-26,28-29,33-34,36-37,42,45,59H,4-15,18,21-24,27,30-32,35,38-41,43-44,46-58H2,1-3H3/b19-16-,20-17-,28-25-,29-26-,36-33-,37-34-,45-42-/t59-/m1/s1. The Hall–Kier alpha value is -2.92. The molecule has 0 aromatic rings. The van der Waals surface area contributed by atoms with E-state index in [1.807, 2.05) is 0 Å². The van der Waals surface area contributed by atoms with Gasteiger partial charge in [-0.05, 0) is 96.3 Å². The second kappa shape index (κ2) is 56.4. The monoisotopic (exact) mass is 919 g/mol. The number of unbranched alkanes of at least 4 members (excludes halogenated alkanes) is 26. The first-order chi connectivity index (χ1) is 32.6. The van der Waals surface area contributed by atoms with Crippen LogP contribution in [-0.4, -0.2) is 37.9 Å². The third-order valence-corrected chi connectivity index (χ3v) is 11.9. The van der Waals surface area contributed by atoms with E-state index in [4.69, 9.17) is 14.2 Å². The molecule has 0 aliphatic carbocycles. The molecule has 0 radical (unpaired) electrons. The number of rotatable bonds is 51. The quantitative estimate of drug-likeness (QED) is 0.0346. The summed E-state index contributed by atoms with van der Waals surface area (Å²) >= 11 is 0. The highest BCUT2D eigenvalue weighted by atomic mass is 16.6. The number of hydrogen-bond donors (Lipinski definition) is 0. The van der Waals surface area contributed by atoms with E-state index in [2.05, 4.69) is 106 Å². The number of allylic oxidation sites excluding steroid dienone is 14. The Labute approximate surface area is 409 Å². The molecule has 380 valence electrons. The fraction of sp³-hybridized carbons (Fsp3) is 0.738. The zero-order chi connectivity index (χ0) is 47.7. The van der Waals surface area contributed by atoms with Gasteiger partial charge in [0.2, 0.25) is 0 Å². The predicted molar refractivity (Wildman–Crippen MR) is 288 cm³/mol. The molecule has 0 saturated carbocycles. The summed E-state index contributed by atoms with van der Waals surface area (Å²) in [6.07, 6.45) is 74.8. The van der Waals surface area contributed by atoms with Crippen molar-refractivity contribution in [3.8, 4) is 0 Å². The van der Waals surface area contributed by atoms with Gasteiger partial charge in [-0.1, -0.05) is 241 Å². The van der Waals surface area contributed by atoms with E-state index >= 15 is 0 Å². The molecule has 0 aliphatic rings. The van der Waals surface area contributed by atoms with Gasteiger partial charge >= 0.3 is 11.9 Å². The minimum Gasteiger partial charge on any atom is -0.463 e. The molecule has 1 atom stereocenters. The third-order valence-electron chi connectivity index (χ3n) is 11.9. The van der Waals surface area contributed by atoms with Crippen molar-refractivity contribution < 1.29 is 23.8 Å². The van der Waals surface area contributed by atoms with Crippen molar-refractivity contribution in [1.82, 2.24) is 0 Å². The van der Waals surface area contributed by atoms with Crippen molar-refractivity contribution in [1.29, 1.82) is 0 Å². The molecule has 0 bridgehead atoms. The largest absolute Gasteiger partial charge is 0.463 e. The predicted octanol–water partition coefficient (Wildman–Crippen LogP) is 19.2. The van der Waals surface area contributed by atoms with Gasteiger partial charge in [0.1, 0.15) is 19.3 Å². The van der Waals surface area contributed by atoms with Crippen molar-refractivity contribution in [3.63, 3.8) is 0 Å². The summed E-state index contributed by atoms with van der Waals surface area (Å²) in [5, 5.41) is 0. The van der Waals surface area contributed by atoms with Crippen LogP contribution in [0.5, 0.6) is 0 Å². The summed E-state index contributed by atoms with van der Waals surface area (Å²) in [5.74, 6) is -0.417. The van der Waals surface area contributed by atoms with E-state index in [1.54, 1.807) is 0 Å².